The van der Waals surface area contributed by atoms with E-state index in [4.69, 9.17) is 9.47 Å². The number of benzene rings is 2. The molecule has 0 atom stereocenters. The van der Waals surface area contributed by atoms with Gasteiger partial charge in [0, 0.05) is 27.2 Å². The van der Waals surface area contributed by atoms with Crippen LogP contribution in [0.3, 0.4) is 0 Å². The Morgan fingerprint density at radius 2 is 1.85 bits per heavy atom. The van der Waals surface area contributed by atoms with Crippen molar-refractivity contribution < 1.29 is 14.3 Å². The first-order valence-electron chi connectivity index (χ1n) is 8.30. The average molecular weight is 355 g/mol. The zero-order chi connectivity index (χ0) is 18.9. The number of esters is 1. The fourth-order valence-corrected chi connectivity index (χ4v) is 2.62. The second-order valence-corrected chi connectivity index (χ2v) is 5.77. The van der Waals surface area contributed by atoms with Crippen molar-refractivity contribution in [2.75, 3.05) is 28.3 Å². The van der Waals surface area contributed by atoms with Gasteiger partial charge in [-0.05, 0) is 23.3 Å². The molecule has 0 radical (unpaired) electrons. The Labute approximate surface area is 154 Å². The number of carbonyl (C=O) groups is 1. The van der Waals surface area contributed by atoms with Crippen LogP contribution in [0, 0.1) is 0 Å². The Bertz CT molecular complexity index is 760. The van der Waals surface area contributed by atoms with Crippen molar-refractivity contribution in [3.05, 3.63) is 65.2 Å². The lowest BCUT2D eigenvalue weighted by atomic mass is 10.1. The second kappa shape index (κ2) is 9.46. The molecule has 0 saturated carbocycles. The Morgan fingerprint density at radius 1 is 1.12 bits per heavy atom. The number of guanidine groups is 1. The van der Waals surface area contributed by atoms with Gasteiger partial charge in [-0.3, -0.25) is 4.99 Å². The molecular weight excluding hydrogens is 330 g/mol. The molecule has 0 heterocycles. The van der Waals surface area contributed by atoms with Crippen LogP contribution in [0.2, 0.25) is 0 Å². The summed E-state index contributed by atoms with van der Waals surface area (Å²) >= 11 is 0. The largest absolute Gasteiger partial charge is 0.496 e. The third-order valence-electron chi connectivity index (χ3n) is 3.96. The molecule has 0 aliphatic carbocycles. The minimum absolute atomic E-state index is 0.407. The maximum atomic E-state index is 11.7. The SMILES string of the molecule is CN=C(NCc1ccc(C(=O)OC)c(OC)c1)N(C)Cc1ccccc1. The highest BCUT2D eigenvalue weighted by molar-refractivity contribution is 5.92. The third-order valence-corrected chi connectivity index (χ3v) is 3.96. The maximum absolute atomic E-state index is 11.7. The molecule has 0 bridgehead atoms. The lowest BCUT2D eigenvalue weighted by Gasteiger charge is -2.22. The number of nitrogens with one attached hydrogen (secondary N) is 1. The number of hydrogen-bond donors (Lipinski definition) is 1. The van der Waals surface area contributed by atoms with E-state index < -0.39 is 5.97 Å². The molecule has 0 fully saturated rings. The molecule has 2 aromatic rings. The van der Waals surface area contributed by atoms with Crippen LogP contribution in [0.5, 0.6) is 5.75 Å². The molecule has 0 spiro atoms. The summed E-state index contributed by atoms with van der Waals surface area (Å²) in [6.07, 6.45) is 0. The summed E-state index contributed by atoms with van der Waals surface area (Å²) in [5, 5.41) is 3.32. The van der Waals surface area contributed by atoms with Gasteiger partial charge in [-0.2, -0.15) is 0 Å². The van der Waals surface area contributed by atoms with Gasteiger partial charge in [0.05, 0.1) is 14.2 Å². The van der Waals surface area contributed by atoms with E-state index >= 15 is 0 Å². The first-order valence-corrected chi connectivity index (χ1v) is 8.30. The van der Waals surface area contributed by atoms with Gasteiger partial charge >= 0.3 is 5.97 Å². The van der Waals surface area contributed by atoms with E-state index in [0.717, 1.165) is 18.1 Å². The van der Waals surface area contributed by atoms with E-state index in [1.54, 1.807) is 13.1 Å². The molecule has 0 aliphatic rings. The molecule has 0 aromatic heterocycles. The molecule has 0 saturated heterocycles. The Balaban J connectivity index is 2.03. The smallest absolute Gasteiger partial charge is 0.341 e. The topological polar surface area (TPSA) is 63.2 Å². The summed E-state index contributed by atoms with van der Waals surface area (Å²) in [6.45, 7) is 1.31. The van der Waals surface area contributed by atoms with Crippen LogP contribution in [0.25, 0.3) is 0 Å². The monoisotopic (exact) mass is 355 g/mol. The van der Waals surface area contributed by atoms with Gasteiger partial charge in [-0.25, -0.2) is 4.79 Å². The van der Waals surface area contributed by atoms with Crippen molar-refractivity contribution in [1.29, 1.82) is 0 Å². The van der Waals surface area contributed by atoms with Gasteiger partial charge in [0.1, 0.15) is 11.3 Å². The number of methoxy groups -OCH3 is 2. The van der Waals surface area contributed by atoms with Crippen LogP contribution in [0.4, 0.5) is 0 Å². The number of aliphatic imine (C=N–C) groups is 1. The second-order valence-electron chi connectivity index (χ2n) is 5.77. The quantitative estimate of drug-likeness (QED) is 0.490. The first kappa shape index (κ1) is 19.3. The van der Waals surface area contributed by atoms with Crippen molar-refractivity contribution in [1.82, 2.24) is 10.2 Å². The van der Waals surface area contributed by atoms with E-state index in [1.807, 2.05) is 37.4 Å². The lowest BCUT2D eigenvalue weighted by molar-refractivity contribution is 0.0597. The summed E-state index contributed by atoms with van der Waals surface area (Å²) < 4.78 is 10.1. The van der Waals surface area contributed by atoms with Crippen LogP contribution in [0.15, 0.2) is 53.5 Å². The van der Waals surface area contributed by atoms with E-state index in [-0.39, 0.29) is 0 Å². The Kier molecular flexibility index (Phi) is 7.02. The minimum atomic E-state index is -0.417. The summed E-state index contributed by atoms with van der Waals surface area (Å²) in [7, 11) is 6.63. The summed E-state index contributed by atoms with van der Waals surface area (Å²) in [5.74, 6) is 0.855. The molecule has 0 amide bonds. The number of hydrogen-bond acceptors (Lipinski definition) is 4. The van der Waals surface area contributed by atoms with Crippen molar-refractivity contribution in [3.63, 3.8) is 0 Å². The highest BCUT2D eigenvalue weighted by Gasteiger charge is 2.13. The van der Waals surface area contributed by atoms with E-state index in [1.165, 1.54) is 19.8 Å². The fraction of sp³-hybridized carbons (Fsp3) is 0.300. The predicted octanol–water partition coefficient (Wildman–Crippen LogP) is 2.69. The molecule has 6 heteroatoms. The van der Waals surface area contributed by atoms with Gasteiger partial charge in [-0.15, -0.1) is 0 Å². The van der Waals surface area contributed by atoms with Crippen LogP contribution in [-0.2, 0) is 17.8 Å². The number of carbonyl (C=O) groups excluding carboxylic acids is 1. The van der Waals surface area contributed by atoms with Gasteiger partial charge in [-0.1, -0.05) is 36.4 Å². The predicted molar refractivity (Wildman–Crippen MR) is 102 cm³/mol. The minimum Gasteiger partial charge on any atom is -0.496 e. The molecule has 6 nitrogen and oxygen atoms in total. The van der Waals surface area contributed by atoms with Gasteiger partial charge in [0.15, 0.2) is 5.96 Å². The standard InChI is InChI=1S/C20H25N3O3/c1-21-20(23(2)14-15-8-6-5-7-9-15)22-13-16-10-11-17(19(24)26-4)18(12-16)25-3/h5-12H,13-14H2,1-4H3,(H,21,22). The summed E-state index contributed by atoms with van der Waals surface area (Å²) in [6, 6.07) is 15.6. The summed E-state index contributed by atoms with van der Waals surface area (Å²) in [4.78, 5) is 18.1. The molecule has 2 aromatic carbocycles. The van der Waals surface area contributed by atoms with Crippen LogP contribution >= 0.6 is 0 Å². The number of nitrogens with zero attached hydrogens (tertiary/aromatic N) is 2. The Morgan fingerprint density at radius 3 is 2.46 bits per heavy atom. The number of ether oxygens (including phenoxy) is 2. The molecule has 138 valence electrons. The summed E-state index contributed by atoms with van der Waals surface area (Å²) in [5.41, 5.74) is 2.59. The highest BCUT2D eigenvalue weighted by Crippen LogP contribution is 2.21. The lowest BCUT2D eigenvalue weighted by Crippen LogP contribution is -2.38. The van der Waals surface area contributed by atoms with Gasteiger partial charge < -0.3 is 19.7 Å². The van der Waals surface area contributed by atoms with Crippen molar-refractivity contribution in [2.24, 2.45) is 4.99 Å². The van der Waals surface area contributed by atoms with Crippen LogP contribution in [-0.4, -0.2) is 45.1 Å². The highest BCUT2D eigenvalue weighted by atomic mass is 16.5. The molecule has 26 heavy (non-hydrogen) atoms. The zero-order valence-corrected chi connectivity index (χ0v) is 15.7. The van der Waals surface area contributed by atoms with Crippen LogP contribution in [0.1, 0.15) is 21.5 Å². The zero-order valence-electron chi connectivity index (χ0n) is 15.7. The number of rotatable bonds is 6. The van der Waals surface area contributed by atoms with Crippen molar-refractivity contribution >= 4 is 11.9 Å². The average Bonchev–Trinajstić information content (AvgIpc) is 2.68. The van der Waals surface area contributed by atoms with Crippen molar-refractivity contribution in [3.8, 4) is 5.75 Å². The fourth-order valence-electron chi connectivity index (χ4n) is 2.62. The van der Waals surface area contributed by atoms with Crippen molar-refractivity contribution in [2.45, 2.75) is 13.1 Å². The molecule has 0 unspecified atom stereocenters. The normalized spacial score (nSPS) is 11.0. The van der Waals surface area contributed by atoms with Gasteiger partial charge in [0.2, 0.25) is 0 Å². The van der Waals surface area contributed by atoms with E-state index in [9.17, 15) is 4.79 Å². The van der Waals surface area contributed by atoms with Crippen LogP contribution < -0.4 is 10.1 Å². The first-order chi connectivity index (χ1) is 12.6. The van der Waals surface area contributed by atoms with E-state index in [0.29, 0.717) is 17.9 Å². The maximum Gasteiger partial charge on any atom is 0.341 e. The molecule has 2 rings (SSSR count). The van der Waals surface area contributed by atoms with Gasteiger partial charge in [0.25, 0.3) is 0 Å². The third kappa shape index (κ3) is 4.99. The Hall–Kier alpha value is -3.02. The molecule has 1 N–H and O–H groups in total. The molecule has 0 aliphatic heterocycles. The molecular formula is C20H25N3O3. The van der Waals surface area contributed by atoms with E-state index in [2.05, 4.69) is 27.3 Å².